The summed E-state index contributed by atoms with van der Waals surface area (Å²) in [6.07, 6.45) is 4.31. The summed E-state index contributed by atoms with van der Waals surface area (Å²) in [6.45, 7) is 3.36. The van der Waals surface area contributed by atoms with Gasteiger partial charge in [0.05, 0.1) is 6.54 Å². The molecule has 0 aliphatic heterocycles. The van der Waals surface area contributed by atoms with Crippen LogP contribution < -0.4 is 5.32 Å². The van der Waals surface area contributed by atoms with E-state index < -0.39 is 0 Å². The van der Waals surface area contributed by atoms with Gasteiger partial charge in [0.1, 0.15) is 5.82 Å². The van der Waals surface area contributed by atoms with Gasteiger partial charge in [-0.25, -0.2) is 4.39 Å². The van der Waals surface area contributed by atoms with Gasteiger partial charge in [0.25, 0.3) is 0 Å². The van der Waals surface area contributed by atoms with Gasteiger partial charge in [-0.15, -0.1) is 0 Å². The van der Waals surface area contributed by atoms with E-state index in [-0.39, 0.29) is 5.82 Å². The van der Waals surface area contributed by atoms with Crippen molar-refractivity contribution in [1.82, 2.24) is 9.88 Å². The van der Waals surface area contributed by atoms with E-state index in [2.05, 4.69) is 59.4 Å². The molecule has 0 spiro atoms. The van der Waals surface area contributed by atoms with Crippen molar-refractivity contribution < 1.29 is 4.39 Å². The van der Waals surface area contributed by atoms with E-state index in [1.54, 1.807) is 12.1 Å². The van der Waals surface area contributed by atoms with Crippen molar-refractivity contribution >= 4 is 22.5 Å². The fraction of sp³-hybridized carbons (Fsp3) is 0.231. The van der Waals surface area contributed by atoms with Crippen molar-refractivity contribution in [3.63, 3.8) is 0 Å². The molecule has 154 valence electrons. The van der Waals surface area contributed by atoms with Crippen LogP contribution in [0.15, 0.2) is 79.0 Å². The molecule has 0 saturated heterocycles. The summed E-state index contributed by atoms with van der Waals surface area (Å²) in [5.74, 6) is -0.271. The molecule has 4 rings (SSSR count). The van der Waals surface area contributed by atoms with Crippen LogP contribution in [0, 0.1) is 5.82 Å². The highest BCUT2D eigenvalue weighted by Crippen LogP contribution is 2.27. The highest BCUT2D eigenvalue weighted by molar-refractivity contribution is 6.31. The van der Waals surface area contributed by atoms with Crippen LogP contribution in [0.25, 0.3) is 10.9 Å². The Labute approximate surface area is 182 Å². The van der Waals surface area contributed by atoms with Crippen LogP contribution in [0.1, 0.15) is 42.5 Å². The van der Waals surface area contributed by atoms with Gasteiger partial charge in [0.15, 0.2) is 0 Å². The largest absolute Gasteiger partial charge is 0.343 e. The number of fused-ring (bicyclic) bond motifs is 1. The number of aromatic nitrogens is 1. The molecule has 0 aliphatic carbocycles. The maximum Gasteiger partial charge on any atom is 0.129 e. The van der Waals surface area contributed by atoms with Gasteiger partial charge < -0.3 is 9.88 Å². The first-order chi connectivity index (χ1) is 14.7. The first-order valence-corrected chi connectivity index (χ1v) is 10.8. The fourth-order valence-electron chi connectivity index (χ4n) is 4.04. The molecule has 2 nitrogen and oxygen atoms in total. The molecule has 0 radical (unpaired) electrons. The summed E-state index contributed by atoms with van der Waals surface area (Å²) in [6, 6.07) is 24.0. The average molecular weight is 421 g/mol. The average Bonchev–Trinajstić information content (AvgIpc) is 3.12. The van der Waals surface area contributed by atoms with E-state index in [4.69, 9.17) is 11.6 Å². The molecule has 0 saturated carbocycles. The molecule has 0 fully saturated rings. The summed E-state index contributed by atoms with van der Waals surface area (Å²) < 4.78 is 16.5. The summed E-state index contributed by atoms with van der Waals surface area (Å²) >= 11 is 6.28. The minimum atomic E-state index is -0.271. The van der Waals surface area contributed by atoms with Crippen molar-refractivity contribution in [2.24, 2.45) is 0 Å². The lowest BCUT2D eigenvalue weighted by molar-refractivity contribution is 0.494. The highest BCUT2D eigenvalue weighted by Gasteiger charge is 2.15. The highest BCUT2D eigenvalue weighted by atomic mass is 35.5. The Balaban J connectivity index is 1.62. The molecule has 0 amide bonds. The van der Waals surface area contributed by atoms with Gasteiger partial charge in [-0.05, 0) is 35.7 Å². The van der Waals surface area contributed by atoms with E-state index >= 15 is 0 Å². The van der Waals surface area contributed by atoms with Crippen LogP contribution >= 0.6 is 11.6 Å². The minimum Gasteiger partial charge on any atom is -0.343 e. The third kappa shape index (κ3) is 4.43. The Hall–Kier alpha value is -2.62. The molecule has 1 atom stereocenters. The number of hydrogen-bond acceptors (Lipinski definition) is 1. The predicted molar refractivity (Wildman–Crippen MR) is 123 cm³/mol. The molecule has 4 aromatic rings. The quantitative estimate of drug-likeness (QED) is 0.321. The smallest absolute Gasteiger partial charge is 0.129 e. The van der Waals surface area contributed by atoms with Gasteiger partial charge in [-0.1, -0.05) is 79.5 Å². The molecule has 0 aliphatic rings. The standard InChI is InChI=1S/C26H26ClFN2/c1-2-9-25(19-10-4-3-5-11-19)29-16-20-17-30(26-15-7-6-12-21(20)26)18-22-23(27)13-8-14-24(22)28/h3-8,10-15,17,25,29H,2,9,16,18H2,1H3/t25-/m1/s1. The Morgan fingerprint density at radius 3 is 2.50 bits per heavy atom. The minimum absolute atomic E-state index is 0.271. The molecule has 0 unspecified atom stereocenters. The Morgan fingerprint density at radius 2 is 1.73 bits per heavy atom. The van der Waals surface area contributed by atoms with E-state index in [0.717, 1.165) is 24.9 Å². The lowest BCUT2D eigenvalue weighted by Gasteiger charge is -2.18. The summed E-state index contributed by atoms with van der Waals surface area (Å²) in [5.41, 5.74) is 4.12. The maximum absolute atomic E-state index is 14.4. The van der Waals surface area contributed by atoms with Crippen LogP contribution in [0.3, 0.4) is 0 Å². The number of nitrogens with zero attached hydrogens (tertiary/aromatic N) is 1. The summed E-state index contributed by atoms with van der Waals surface area (Å²) in [4.78, 5) is 0. The predicted octanol–water partition coefficient (Wildman–Crippen LogP) is 7.11. The zero-order valence-corrected chi connectivity index (χ0v) is 17.9. The molecule has 4 heteroatoms. The third-order valence-corrected chi connectivity index (χ3v) is 5.93. The number of hydrogen-bond donors (Lipinski definition) is 1. The first-order valence-electron chi connectivity index (χ1n) is 10.5. The number of para-hydroxylation sites is 1. The zero-order chi connectivity index (χ0) is 20.9. The second-order valence-electron chi connectivity index (χ2n) is 7.63. The van der Waals surface area contributed by atoms with Crippen molar-refractivity contribution in [3.8, 4) is 0 Å². The van der Waals surface area contributed by atoms with Crippen LogP contribution in [-0.4, -0.2) is 4.57 Å². The second kappa shape index (κ2) is 9.46. The van der Waals surface area contributed by atoms with E-state index in [1.807, 2.05) is 18.2 Å². The van der Waals surface area contributed by atoms with E-state index in [1.165, 1.54) is 22.6 Å². The number of benzene rings is 3. The summed E-state index contributed by atoms with van der Waals surface area (Å²) in [7, 11) is 0. The molecular formula is C26H26ClFN2. The number of nitrogens with one attached hydrogen (secondary N) is 1. The monoisotopic (exact) mass is 420 g/mol. The Bertz CT molecular complexity index is 1100. The third-order valence-electron chi connectivity index (χ3n) is 5.58. The molecule has 0 bridgehead atoms. The number of rotatable bonds is 8. The lowest BCUT2D eigenvalue weighted by atomic mass is 10.0. The van der Waals surface area contributed by atoms with Crippen LogP contribution in [-0.2, 0) is 13.1 Å². The topological polar surface area (TPSA) is 17.0 Å². The zero-order valence-electron chi connectivity index (χ0n) is 17.1. The molecule has 3 aromatic carbocycles. The van der Waals surface area contributed by atoms with Crippen LogP contribution in [0.5, 0.6) is 0 Å². The van der Waals surface area contributed by atoms with E-state index in [0.29, 0.717) is 23.2 Å². The van der Waals surface area contributed by atoms with Crippen molar-refractivity contribution in [3.05, 3.63) is 107 Å². The molecule has 30 heavy (non-hydrogen) atoms. The lowest BCUT2D eigenvalue weighted by Crippen LogP contribution is -2.20. The number of halogens is 2. The van der Waals surface area contributed by atoms with Crippen molar-refractivity contribution in [1.29, 1.82) is 0 Å². The molecule has 1 aromatic heterocycles. The summed E-state index contributed by atoms with van der Waals surface area (Å²) in [5, 5.41) is 5.37. The van der Waals surface area contributed by atoms with Gasteiger partial charge >= 0.3 is 0 Å². The van der Waals surface area contributed by atoms with Crippen molar-refractivity contribution in [2.45, 2.75) is 38.9 Å². The van der Waals surface area contributed by atoms with Gasteiger partial charge in [-0.3, -0.25) is 0 Å². The maximum atomic E-state index is 14.4. The second-order valence-corrected chi connectivity index (χ2v) is 8.04. The van der Waals surface area contributed by atoms with E-state index in [9.17, 15) is 4.39 Å². The Morgan fingerprint density at radius 1 is 0.967 bits per heavy atom. The van der Waals surface area contributed by atoms with Crippen LogP contribution in [0.4, 0.5) is 4.39 Å². The molecule has 1 N–H and O–H groups in total. The fourth-order valence-corrected chi connectivity index (χ4v) is 4.26. The van der Waals surface area contributed by atoms with Crippen LogP contribution in [0.2, 0.25) is 5.02 Å². The van der Waals surface area contributed by atoms with Crippen molar-refractivity contribution in [2.75, 3.05) is 0 Å². The van der Waals surface area contributed by atoms with Gasteiger partial charge in [0.2, 0.25) is 0 Å². The normalized spacial score (nSPS) is 12.4. The molecular weight excluding hydrogens is 395 g/mol. The Kier molecular flexibility index (Phi) is 6.51. The van der Waals surface area contributed by atoms with Gasteiger partial charge in [-0.2, -0.15) is 0 Å². The first kappa shape index (κ1) is 20.6. The SMILES string of the molecule is CCC[C@@H](NCc1cn(Cc2c(F)cccc2Cl)c2ccccc12)c1ccccc1. The molecule has 1 heterocycles. The van der Waals surface area contributed by atoms with Gasteiger partial charge in [0, 0.05) is 40.3 Å².